The molecule has 0 aromatic carbocycles. The second-order valence-corrected chi connectivity index (χ2v) is 6.94. The molecule has 0 aromatic rings. The molecule has 0 unspecified atom stereocenters. The van der Waals surface area contributed by atoms with E-state index < -0.39 is 8.80 Å². The van der Waals surface area contributed by atoms with Crippen molar-refractivity contribution in [1.82, 2.24) is 0 Å². The van der Waals surface area contributed by atoms with Gasteiger partial charge < -0.3 is 15.6 Å². The Morgan fingerprint density at radius 3 is 1.19 bits per heavy atom. The normalized spacial score (nSPS) is 16.3. The molecule has 16 heavy (non-hydrogen) atoms. The van der Waals surface area contributed by atoms with Gasteiger partial charge >= 0.3 is 0 Å². The molecule has 0 aliphatic carbocycles. The van der Waals surface area contributed by atoms with Crippen molar-refractivity contribution in [3.8, 4) is 0 Å². The first-order valence-electron chi connectivity index (χ1n) is 5.06. The summed E-state index contributed by atoms with van der Waals surface area (Å²) in [4.78, 5) is 0. The van der Waals surface area contributed by atoms with Crippen molar-refractivity contribution in [1.29, 1.82) is 0 Å². The molecule has 0 fully saturated rings. The minimum atomic E-state index is -1.33. The molecular formula is C9H19N3O3Si. The van der Waals surface area contributed by atoms with E-state index in [0.29, 0.717) is 35.3 Å². The molecule has 3 N–H and O–H groups in total. The van der Waals surface area contributed by atoms with Crippen LogP contribution in [0.2, 0.25) is 18.1 Å². The second-order valence-electron chi connectivity index (χ2n) is 3.98. The highest BCUT2D eigenvalue weighted by Gasteiger charge is 2.16. The van der Waals surface area contributed by atoms with Gasteiger partial charge in [-0.15, -0.1) is 0 Å². The van der Waals surface area contributed by atoms with Crippen molar-refractivity contribution in [2.45, 2.75) is 38.9 Å². The van der Waals surface area contributed by atoms with Crippen LogP contribution in [0.25, 0.3) is 0 Å². The third kappa shape index (κ3) is 6.17. The van der Waals surface area contributed by atoms with Crippen LogP contribution in [0, 0.1) is 0 Å². The lowest BCUT2D eigenvalue weighted by Gasteiger charge is -2.13. The molecule has 0 bridgehead atoms. The summed E-state index contributed by atoms with van der Waals surface area (Å²) in [5, 5.41) is 35.3. The lowest BCUT2D eigenvalue weighted by molar-refractivity contribution is 0.318. The largest absolute Gasteiger partial charge is 0.411 e. The summed E-state index contributed by atoms with van der Waals surface area (Å²) in [6.07, 6.45) is 0. The lowest BCUT2D eigenvalue weighted by atomic mass is 10.5. The van der Waals surface area contributed by atoms with E-state index in [1.54, 1.807) is 20.8 Å². The van der Waals surface area contributed by atoms with Crippen LogP contribution in [0.15, 0.2) is 15.5 Å². The minimum Gasteiger partial charge on any atom is -0.411 e. The molecule has 7 heteroatoms. The summed E-state index contributed by atoms with van der Waals surface area (Å²) in [5.41, 5.74) is 1.98. The van der Waals surface area contributed by atoms with Gasteiger partial charge in [-0.25, -0.2) is 0 Å². The first-order valence-corrected chi connectivity index (χ1v) is 7.51. The molecule has 0 saturated heterocycles. The van der Waals surface area contributed by atoms with Crippen LogP contribution in [0.4, 0.5) is 0 Å². The SMILES string of the molecule is CC(C[SiH](CC(C)=NO)CC(C)=NO)=NO. The number of rotatable bonds is 6. The maximum atomic E-state index is 8.62. The Bertz CT molecular complexity index is 255. The molecule has 92 valence electrons. The maximum absolute atomic E-state index is 8.62. The summed E-state index contributed by atoms with van der Waals surface area (Å²) in [7, 11) is -1.33. The number of hydrogen-bond acceptors (Lipinski definition) is 6. The van der Waals surface area contributed by atoms with Gasteiger partial charge in [0.05, 0.1) is 25.9 Å². The highest BCUT2D eigenvalue weighted by Crippen LogP contribution is 2.10. The van der Waals surface area contributed by atoms with E-state index in [1.165, 1.54) is 0 Å². The van der Waals surface area contributed by atoms with Gasteiger partial charge in [-0.1, -0.05) is 15.5 Å². The van der Waals surface area contributed by atoms with E-state index in [9.17, 15) is 0 Å². The van der Waals surface area contributed by atoms with Crippen molar-refractivity contribution >= 4 is 25.9 Å². The Morgan fingerprint density at radius 2 is 1.00 bits per heavy atom. The molecule has 0 heterocycles. The zero-order valence-electron chi connectivity index (χ0n) is 9.88. The summed E-state index contributed by atoms with van der Waals surface area (Å²) in [6.45, 7) is 5.24. The minimum absolute atomic E-state index is 0.660. The zero-order chi connectivity index (χ0) is 12.6. The summed E-state index contributed by atoms with van der Waals surface area (Å²) in [5.74, 6) is 0. The van der Waals surface area contributed by atoms with E-state index >= 15 is 0 Å². The van der Waals surface area contributed by atoms with Gasteiger partial charge in [0.2, 0.25) is 0 Å². The molecule has 6 nitrogen and oxygen atoms in total. The van der Waals surface area contributed by atoms with Crippen LogP contribution >= 0.6 is 0 Å². The predicted molar refractivity (Wildman–Crippen MR) is 66.3 cm³/mol. The van der Waals surface area contributed by atoms with Crippen molar-refractivity contribution in [2.24, 2.45) is 15.5 Å². The van der Waals surface area contributed by atoms with Gasteiger partial charge in [-0.05, 0) is 38.9 Å². The maximum Gasteiger partial charge on any atom is 0.0551 e. The van der Waals surface area contributed by atoms with Gasteiger partial charge in [0, 0.05) is 0 Å². The molecule has 0 saturated carbocycles. The van der Waals surface area contributed by atoms with Crippen LogP contribution in [0.3, 0.4) is 0 Å². The lowest BCUT2D eigenvalue weighted by Crippen LogP contribution is -2.22. The Balaban J connectivity index is 4.50. The average molecular weight is 245 g/mol. The molecule has 0 aromatic heterocycles. The molecule has 0 spiro atoms. The molecular weight excluding hydrogens is 226 g/mol. The van der Waals surface area contributed by atoms with Crippen LogP contribution < -0.4 is 0 Å². The van der Waals surface area contributed by atoms with Gasteiger partial charge in [0.1, 0.15) is 0 Å². The number of oxime groups is 3. The Hall–Kier alpha value is -1.37. The van der Waals surface area contributed by atoms with Crippen LogP contribution in [-0.2, 0) is 0 Å². The molecule has 0 radical (unpaired) electrons. The summed E-state index contributed by atoms with van der Waals surface area (Å²) < 4.78 is 0. The summed E-state index contributed by atoms with van der Waals surface area (Å²) >= 11 is 0. The van der Waals surface area contributed by atoms with Gasteiger partial charge in [0.25, 0.3) is 0 Å². The van der Waals surface area contributed by atoms with E-state index in [-0.39, 0.29) is 0 Å². The molecule has 0 rings (SSSR count). The highest BCUT2D eigenvalue weighted by molar-refractivity contribution is 6.69. The van der Waals surface area contributed by atoms with Gasteiger partial charge in [0.15, 0.2) is 0 Å². The number of hydrogen-bond donors (Lipinski definition) is 3. The molecule has 0 amide bonds. The van der Waals surface area contributed by atoms with Crippen molar-refractivity contribution in [2.75, 3.05) is 0 Å². The monoisotopic (exact) mass is 245 g/mol. The van der Waals surface area contributed by atoms with Gasteiger partial charge in [-0.2, -0.15) is 0 Å². The second kappa shape index (κ2) is 7.86. The zero-order valence-corrected chi connectivity index (χ0v) is 11.0. The fourth-order valence-electron chi connectivity index (χ4n) is 1.59. The smallest absolute Gasteiger partial charge is 0.0551 e. The first-order chi connectivity index (χ1) is 7.53. The highest BCUT2D eigenvalue weighted by atomic mass is 28.3. The van der Waals surface area contributed by atoms with Crippen LogP contribution in [0.1, 0.15) is 20.8 Å². The third-order valence-electron chi connectivity index (χ3n) is 2.26. The molecule has 0 atom stereocenters. The predicted octanol–water partition coefficient (Wildman–Crippen LogP) is 1.76. The van der Waals surface area contributed by atoms with Gasteiger partial charge in [-0.3, -0.25) is 0 Å². The standard InChI is InChI=1S/C9H19N3O3Si/c1-7(10-13)4-16(5-8(2)11-14)6-9(3)12-15/h13-16H,4-6H2,1-3H3. The molecule has 0 aliphatic heterocycles. The fraction of sp³-hybridized carbons (Fsp3) is 0.667. The van der Waals surface area contributed by atoms with Crippen molar-refractivity contribution < 1.29 is 15.6 Å². The fourth-order valence-corrected chi connectivity index (χ4v) is 4.78. The quantitative estimate of drug-likeness (QED) is 0.288. The average Bonchev–Trinajstić information content (AvgIpc) is 2.28. The van der Waals surface area contributed by atoms with Crippen molar-refractivity contribution in [3.63, 3.8) is 0 Å². The van der Waals surface area contributed by atoms with Crippen LogP contribution in [0.5, 0.6) is 0 Å². The third-order valence-corrected chi connectivity index (χ3v) is 5.77. The molecule has 0 aliphatic rings. The van der Waals surface area contributed by atoms with E-state index in [1.807, 2.05) is 0 Å². The Kier molecular flexibility index (Phi) is 7.18. The Labute approximate surface area is 96.6 Å². The van der Waals surface area contributed by atoms with E-state index in [0.717, 1.165) is 0 Å². The van der Waals surface area contributed by atoms with Crippen molar-refractivity contribution in [3.05, 3.63) is 0 Å². The summed E-state index contributed by atoms with van der Waals surface area (Å²) in [6, 6.07) is 2.11. The number of nitrogens with zero attached hydrogens (tertiary/aromatic N) is 3. The van der Waals surface area contributed by atoms with Crippen LogP contribution in [-0.4, -0.2) is 41.6 Å². The van der Waals surface area contributed by atoms with E-state index in [4.69, 9.17) is 15.6 Å². The first kappa shape index (κ1) is 14.6. The topological polar surface area (TPSA) is 97.8 Å². The Morgan fingerprint density at radius 1 is 0.750 bits per heavy atom. The van der Waals surface area contributed by atoms with E-state index in [2.05, 4.69) is 15.5 Å².